The summed E-state index contributed by atoms with van der Waals surface area (Å²) in [5.41, 5.74) is 1.79. The number of carbonyl (C=O) groups excluding carboxylic acids is 1. The lowest BCUT2D eigenvalue weighted by atomic mass is 10.1. The van der Waals surface area contributed by atoms with E-state index in [0.717, 1.165) is 5.56 Å². The molecule has 5 nitrogen and oxygen atoms in total. The molecule has 0 saturated carbocycles. The van der Waals surface area contributed by atoms with Gasteiger partial charge in [-0.1, -0.05) is 6.07 Å². The molecule has 100 valence electrons. The van der Waals surface area contributed by atoms with Gasteiger partial charge in [-0.25, -0.2) is 8.42 Å². The van der Waals surface area contributed by atoms with Crippen molar-refractivity contribution >= 4 is 31.3 Å². The number of hydrogen-bond acceptors (Lipinski definition) is 4. The van der Waals surface area contributed by atoms with Crippen molar-refractivity contribution in [3.8, 4) is 6.07 Å². The molecule has 1 amide bonds. The summed E-state index contributed by atoms with van der Waals surface area (Å²) in [6, 6.07) is 6.95. The summed E-state index contributed by atoms with van der Waals surface area (Å²) in [5.74, 6) is -0.299. The number of hydrogen-bond donors (Lipinski definition) is 0. The third-order valence-electron chi connectivity index (χ3n) is 3.12. The highest BCUT2D eigenvalue weighted by molar-refractivity contribution is 8.14. The molecule has 1 aromatic rings. The van der Waals surface area contributed by atoms with Crippen LogP contribution in [0.4, 0.5) is 5.69 Å². The summed E-state index contributed by atoms with van der Waals surface area (Å²) in [5, 5.41) is 7.98. The minimum atomic E-state index is -3.76. The van der Waals surface area contributed by atoms with Crippen LogP contribution in [0, 0.1) is 18.3 Å². The zero-order chi connectivity index (χ0) is 14.2. The highest BCUT2D eigenvalue weighted by atomic mass is 35.7. The second kappa shape index (κ2) is 4.83. The predicted molar refractivity (Wildman–Crippen MR) is 71.4 cm³/mol. The van der Waals surface area contributed by atoms with Crippen molar-refractivity contribution in [2.45, 2.75) is 18.6 Å². The summed E-state index contributed by atoms with van der Waals surface area (Å²) >= 11 is 0. The minimum Gasteiger partial charge on any atom is -0.311 e. The Morgan fingerprint density at radius 1 is 1.47 bits per heavy atom. The average Bonchev–Trinajstić information content (AvgIpc) is 2.72. The number of carbonyl (C=O) groups is 1. The van der Waals surface area contributed by atoms with Crippen LogP contribution >= 0.6 is 10.7 Å². The largest absolute Gasteiger partial charge is 0.311 e. The number of halogens is 1. The van der Waals surface area contributed by atoms with Gasteiger partial charge in [0.15, 0.2) is 0 Å². The zero-order valence-electron chi connectivity index (χ0n) is 10.1. The van der Waals surface area contributed by atoms with E-state index in [0.29, 0.717) is 11.3 Å². The van der Waals surface area contributed by atoms with Crippen molar-refractivity contribution in [3.05, 3.63) is 29.3 Å². The van der Waals surface area contributed by atoms with Crippen molar-refractivity contribution < 1.29 is 13.2 Å². The molecule has 0 aliphatic carbocycles. The Labute approximate surface area is 115 Å². The number of aryl methyl sites for hydroxylation is 1. The summed E-state index contributed by atoms with van der Waals surface area (Å²) in [7, 11) is 1.54. The maximum Gasteiger partial charge on any atom is 0.237 e. The van der Waals surface area contributed by atoms with Crippen molar-refractivity contribution in [2.24, 2.45) is 0 Å². The molecule has 0 aromatic heterocycles. The monoisotopic (exact) mass is 298 g/mol. The van der Waals surface area contributed by atoms with Gasteiger partial charge >= 0.3 is 0 Å². The van der Waals surface area contributed by atoms with Gasteiger partial charge in [0.05, 0.1) is 11.6 Å². The number of anilines is 1. The van der Waals surface area contributed by atoms with E-state index in [1.54, 1.807) is 25.1 Å². The van der Waals surface area contributed by atoms with Crippen LogP contribution in [-0.2, 0) is 13.8 Å². The maximum atomic E-state index is 11.9. The van der Waals surface area contributed by atoms with Gasteiger partial charge in [0.2, 0.25) is 15.0 Å². The molecule has 1 saturated heterocycles. The normalized spacial score (nSPS) is 19.5. The Morgan fingerprint density at radius 2 is 2.16 bits per heavy atom. The molecule has 0 bridgehead atoms. The average molecular weight is 299 g/mol. The first-order valence-electron chi connectivity index (χ1n) is 5.57. The van der Waals surface area contributed by atoms with E-state index in [4.69, 9.17) is 15.9 Å². The molecule has 0 N–H and O–H groups in total. The van der Waals surface area contributed by atoms with Gasteiger partial charge in [-0.2, -0.15) is 5.26 Å². The molecule has 1 aromatic carbocycles. The molecule has 7 heteroatoms. The molecule has 0 radical (unpaired) electrons. The van der Waals surface area contributed by atoms with Crippen molar-refractivity contribution in [3.63, 3.8) is 0 Å². The first-order chi connectivity index (χ1) is 8.82. The van der Waals surface area contributed by atoms with E-state index in [1.165, 1.54) is 4.90 Å². The number of amides is 1. The van der Waals surface area contributed by atoms with Crippen LogP contribution in [0.3, 0.4) is 0 Å². The predicted octanol–water partition coefficient (Wildman–Crippen LogP) is 1.54. The summed E-state index contributed by atoms with van der Waals surface area (Å²) in [4.78, 5) is 13.3. The summed E-state index contributed by atoms with van der Waals surface area (Å²) in [6.07, 6.45) is -0.123. The standard InChI is InChI=1S/C12H11ClN2O3S/c1-8-2-3-9(6-14)4-11(8)15-7-10(5-12(15)16)19(13,17)18/h2-4,10H,5,7H2,1H3. The van der Waals surface area contributed by atoms with Crippen LogP contribution in [0.25, 0.3) is 0 Å². The van der Waals surface area contributed by atoms with Gasteiger partial charge in [-0.05, 0) is 24.6 Å². The van der Waals surface area contributed by atoms with Crippen molar-refractivity contribution in [1.82, 2.24) is 0 Å². The number of benzene rings is 1. The van der Waals surface area contributed by atoms with Gasteiger partial charge < -0.3 is 4.90 Å². The number of rotatable bonds is 2. The Hall–Kier alpha value is -1.58. The molecular formula is C12H11ClN2O3S. The SMILES string of the molecule is Cc1ccc(C#N)cc1N1CC(S(=O)(=O)Cl)CC1=O. The maximum absolute atomic E-state index is 11.9. The van der Waals surface area contributed by atoms with Gasteiger partial charge in [0.1, 0.15) is 5.25 Å². The van der Waals surface area contributed by atoms with Crippen LogP contribution in [0.15, 0.2) is 18.2 Å². The number of nitriles is 1. The molecule has 1 aliphatic rings. The Kier molecular flexibility index (Phi) is 3.52. The summed E-state index contributed by atoms with van der Waals surface area (Å²) < 4.78 is 22.6. The molecule has 1 fully saturated rings. The van der Waals surface area contributed by atoms with Gasteiger partial charge in [-0.3, -0.25) is 4.79 Å². The smallest absolute Gasteiger partial charge is 0.237 e. The molecule has 2 rings (SSSR count). The molecular weight excluding hydrogens is 288 g/mol. The van der Waals surface area contributed by atoms with E-state index >= 15 is 0 Å². The van der Waals surface area contributed by atoms with Gasteiger partial charge in [-0.15, -0.1) is 0 Å². The van der Waals surface area contributed by atoms with Crippen molar-refractivity contribution in [2.75, 3.05) is 11.4 Å². The second-order valence-corrected chi connectivity index (χ2v) is 7.33. The molecule has 1 heterocycles. The van der Waals surface area contributed by atoms with Crippen LogP contribution in [-0.4, -0.2) is 26.1 Å². The minimum absolute atomic E-state index is 0.0282. The van der Waals surface area contributed by atoms with Gasteiger partial charge in [0.25, 0.3) is 0 Å². The first kappa shape index (κ1) is 13.8. The fourth-order valence-corrected chi connectivity index (χ4v) is 3.09. The van der Waals surface area contributed by atoms with Crippen LogP contribution < -0.4 is 4.90 Å². The van der Waals surface area contributed by atoms with E-state index in [-0.39, 0.29) is 18.9 Å². The topological polar surface area (TPSA) is 78.2 Å². The zero-order valence-corrected chi connectivity index (χ0v) is 11.7. The lowest BCUT2D eigenvalue weighted by Gasteiger charge is -2.18. The van der Waals surface area contributed by atoms with Gasteiger partial charge in [0, 0.05) is 29.3 Å². The lowest BCUT2D eigenvalue weighted by molar-refractivity contribution is -0.117. The first-order valence-corrected chi connectivity index (χ1v) is 7.95. The van der Waals surface area contributed by atoms with Crippen LogP contribution in [0.2, 0.25) is 0 Å². The fraction of sp³-hybridized carbons (Fsp3) is 0.333. The second-order valence-electron chi connectivity index (χ2n) is 4.42. The molecule has 0 spiro atoms. The third kappa shape index (κ3) is 2.72. The highest BCUT2D eigenvalue weighted by Gasteiger charge is 2.38. The Bertz CT molecular complexity index is 679. The molecule has 19 heavy (non-hydrogen) atoms. The Balaban J connectivity index is 2.39. The molecule has 1 unspecified atom stereocenters. The van der Waals surface area contributed by atoms with Crippen molar-refractivity contribution in [1.29, 1.82) is 5.26 Å². The van der Waals surface area contributed by atoms with E-state index in [1.807, 2.05) is 6.07 Å². The van der Waals surface area contributed by atoms with E-state index in [9.17, 15) is 13.2 Å². The quantitative estimate of drug-likeness (QED) is 0.776. The Morgan fingerprint density at radius 3 is 2.68 bits per heavy atom. The van der Waals surface area contributed by atoms with Crippen LogP contribution in [0.1, 0.15) is 17.5 Å². The fourth-order valence-electron chi connectivity index (χ4n) is 2.07. The molecule has 1 atom stereocenters. The van der Waals surface area contributed by atoms with E-state index in [2.05, 4.69) is 0 Å². The summed E-state index contributed by atoms with van der Waals surface area (Å²) in [6.45, 7) is 1.83. The number of nitrogens with zero attached hydrogens (tertiary/aromatic N) is 2. The lowest BCUT2D eigenvalue weighted by Crippen LogP contribution is -2.27. The third-order valence-corrected chi connectivity index (χ3v) is 4.98. The molecule has 1 aliphatic heterocycles. The van der Waals surface area contributed by atoms with E-state index < -0.39 is 14.3 Å². The highest BCUT2D eigenvalue weighted by Crippen LogP contribution is 2.29. The van der Waals surface area contributed by atoms with Crippen LogP contribution in [0.5, 0.6) is 0 Å².